The summed E-state index contributed by atoms with van der Waals surface area (Å²) in [7, 11) is 1.58. The zero-order valence-electron chi connectivity index (χ0n) is 21.4. The van der Waals surface area contributed by atoms with Gasteiger partial charge < -0.3 is 19.3 Å². The molecule has 2 aromatic carbocycles. The van der Waals surface area contributed by atoms with Crippen molar-refractivity contribution in [3.8, 4) is 11.5 Å². The molecule has 3 aromatic rings. The Labute approximate surface area is 217 Å². The van der Waals surface area contributed by atoms with Crippen LogP contribution in [0.2, 0.25) is 0 Å². The van der Waals surface area contributed by atoms with Crippen LogP contribution in [-0.4, -0.2) is 54.5 Å². The lowest BCUT2D eigenvalue weighted by atomic mass is 10.00. The summed E-state index contributed by atoms with van der Waals surface area (Å²) < 4.78 is 11.5. The number of hydrogen-bond acceptors (Lipinski definition) is 5. The molecule has 1 aliphatic rings. The van der Waals surface area contributed by atoms with Crippen LogP contribution in [0.3, 0.4) is 0 Å². The average molecular weight is 507 g/mol. The van der Waals surface area contributed by atoms with E-state index in [0.29, 0.717) is 24.5 Å². The van der Waals surface area contributed by atoms with E-state index in [1.165, 1.54) is 4.88 Å². The Morgan fingerprint density at radius 1 is 1.17 bits per heavy atom. The van der Waals surface area contributed by atoms with Crippen molar-refractivity contribution < 1.29 is 19.1 Å². The number of methoxy groups -OCH3 is 1. The highest BCUT2D eigenvalue weighted by Gasteiger charge is 2.34. The molecule has 0 fully saturated rings. The maximum absolute atomic E-state index is 13.8. The van der Waals surface area contributed by atoms with Gasteiger partial charge in [-0.25, -0.2) is 0 Å². The van der Waals surface area contributed by atoms with Crippen molar-refractivity contribution in [2.45, 2.75) is 45.7 Å². The number of ether oxygens (including phenoxy) is 2. The number of aryl methyl sites for hydroxylation is 1. The third kappa shape index (κ3) is 5.57. The number of thiophene rings is 1. The summed E-state index contributed by atoms with van der Waals surface area (Å²) in [6.07, 6.45) is 1.56. The van der Waals surface area contributed by atoms with Crippen molar-refractivity contribution in [2.75, 3.05) is 26.8 Å². The maximum atomic E-state index is 13.8. The van der Waals surface area contributed by atoms with E-state index in [-0.39, 0.29) is 30.4 Å². The number of rotatable bonds is 9. The molecular formula is C29H34N2O4S. The molecule has 1 aromatic heterocycles. The van der Waals surface area contributed by atoms with Crippen LogP contribution in [0.5, 0.6) is 11.5 Å². The molecule has 2 amide bonds. The molecular weight excluding hydrogens is 472 g/mol. The van der Waals surface area contributed by atoms with Gasteiger partial charge in [0.15, 0.2) is 0 Å². The monoisotopic (exact) mass is 506 g/mol. The number of nitrogens with zero attached hydrogens (tertiary/aromatic N) is 2. The highest BCUT2D eigenvalue weighted by atomic mass is 32.1. The predicted molar refractivity (Wildman–Crippen MR) is 143 cm³/mol. The van der Waals surface area contributed by atoms with Gasteiger partial charge in [0.25, 0.3) is 5.91 Å². The summed E-state index contributed by atoms with van der Waals surface area (Å²) in [5.41, 5.74) is 2.71. The Hall–Kier alpha value is -3.32. The molecule has 0 N–H and O–H groups in total. The number of fused-ring (bicyclic) bond motifs is 1. The lowest BCUT2D eigenvalue weighted by molar-refractivity contribution is -0.136. The molecule has 36 heavy (non-hydrogen) atoms. The summed E-state index contributed by atoms with van der Waals surface area (Å²) >= 11 is 1.73. The molecule has 4 rings (SSSR count). The Morgan fingerprint density at radius 3 is 2.72 bits per heavy atom. The van der Waals surface area contributed by atoms with Crippen LogP contribution in [0.15, 0.2) is 60.0 Å². The zero-order valence-corrected chi connectivity index (χ0v) is 22.2. The van der Waals surface area contributed by atoms with Crippen LogP contribution >= 0.6 is 11.3 Å². The van der Waals surface area contributed by atoms with E-state index in [1.807, 2.05) is 49.9 Å². The zero-order chi connectivity index (χ0) is 25.7. The Morgan fingerprint density at radius 2 is 1.97 bits per heavy atom. The number of hydrogen-bond donors (Lipinski definition) is 0. The molecule has 0 aliphatic carbocycles. The lowest BCUT2D eigenvalue weighted by Crippen LogP contribution is -2.49. The highest BCUT2D eigenvalue weighted by Crippen LogP contribution is 2.34. The molecule has 0 spiro atoms. The topological polar surface area (TPSA) is 59.1 Å². The molecule has 0 unspecified atom stereocenters. The van der Waals surface area contributed by atoms with E-state index in [1.54, 1.807) is 47.6 Å². The summed E-state index contributed by atoms with van der Waals surface area (Å²) in [5.74, 6) is 1.20. The molecule has 0 saturated heterocycles. The second kappa shape index (κ2) is 11.6. The normalized spacial score (nSPS) is 15.7. The molecule has 1 aliphatic heterocycles. The van der Waals surface area contributed by atoms with Gasteiger partial charge in [-0.3, -0.25) is 9.59 Å². The standard InChI is InChI=1S/C29H34N2O4S/c1-5-21(3)31(29(33)22-10-8-11-23(17-22)34-4)18-28(32)30-15-13-27-24(14-16-36-27)25(30)19-35-26-12-7-6-9-20(26)2/h6-12,14,16-17,21,25H,5,13,15,18-19H2,1-4H3/t21-,25+/m0/s1. The SMILES string of the molecule is CC[C@H](C)N(CC(=O)N1CCc2sccc2[C@H]1COc1ccccc1C)C(=O)c1cccc(OC)c1. The summed E-state index contributed by atoms with van der Waals surface area (Å²) in [6, 6.07) is 16.8. The first-order valence-corrected chi connectivity index (χ1v) is 13.3. The van der Waals surface area contributed by atoms with Gasteiger partial charge in [0.2, 0.25) is 5.91 Å². The Bertz CT molecular complexity index is 1210. The molecule has 190 valence electrons. The van der Waals surface area contributed by atoms with Crippen LogP contribution < -0.4 is 9.47 Å². The van der Waals surface area contributed by atoms with E-state index >= 15 is 0 Å². The summed E-state index contributed by atoms with van der Waals surface area (Å²) in [6.45, 7) is 7.02. The van der Waals surface area contributed by atoms with Crippen LogP contribution in [0, 0.1) is 6.92 Å². The number of para-hydroxylation sites is 1. The third-order valence-corrected chi connectivity index (χ3v) is 7.91. The average Bonchev–Trinajstić information content (AvgIpc) is 3.39. The minimum Gasteiger partial charge on any atom is -0.497 e. The molecule has 2 atom stereocenters. The van der Waals surface area contributed by atoms with Gasteiger partial charge in [-0.05, 0) is 73.5 Å². The van der Waals surface area contributed by atoms with Gasteiger partial charge in [-0.15, -0.1) is 11.3 Å². The van der Waals surface area contributed by atoms with Crippen LogP contribution in [-0.2, 0) is 11.2 Å². The fraction of sp³-hybridized carbons (Fsp3) is 0.379. The smallest absolute Gasteiger partial charge is 0.254 e. The number of carbonyl (C=O) groups is 2. The quantitative estimate of drug-likeness (QED) is 0.384. The molecule has 0 radical (unpaired) electrons. The van der Waals surface area contributed by atoms with Gasteiger partial charge in [0.05, 0.1) is 13.2 Å². The first-order valence-electron chi connectivity index (χ1n) is 12.4. The first kappa shape index (κ1) is 25.8. The van der Waals surface area contributed by atoms with Crippen LogP contribution in [0.25, 0.3) is 0 Å². The van der Waals surface area contributed by atoms with E-state index in [0.717, 1.165) is 29.7 Å². The van der Waals surface area contributed by atoms with E-state index in [2.05, 4.69) is 11.4 Å². The molecule has 0 saturated carbocycles. The Balaban J connectivity index is 1.56. The van der Waals surface area contributed by atoms with E-state index < -0.39 is 0 Å². The van der Waals surface area contributed by atoms with Crippen LogP contribution in [0.4, 0.5) is 0 Å². The minimum atomic E-state index is -0.196. The van der Waals surface area contributed by atoms with Crippen molar-refractivity contribution in [3.63, 3.8) is 0 Å². The van der Waals surface area contributed by atoms with Crippen molar-refractivity contribution in [2.24, 2.45) is 0 Å². The fourth-order valence-corrected chi connectivity index (χ4v) is 5.50. The first-order chi connectivity index (χ1) is 17.4. The molecule has 2 heterocycles. The summed E-state index contributed by atoms with van der Waals surface area (Å²) in [4.78, 5) is 32.1. The van der Waals surface area contributed by atoms with Crippen molar-refractivity contribution in [1.82, 2.24) is 9.80 Å². The predicted octanol–water partition coefficient (Wildman–Crippen LogP) is 5.51. The van der Waals surface area contributed by atoms with Crippen molar-refractivity contribution in [1.29, 1.82) is 0 Å². The van der Waals surface area contributed by atoms with Gasteiger partial charge in [0, 0.05) is 23.0 Å². The molecule has 0 bridgehead atoms. The van der Waals surface area contributed by atoms with Crippen molar-refractivity contribution >= 4 is 23.2 Å². The maximum Gasteiger partial charge on any atom is 0.254 e. The Kier molecular flexibility index (Phi) is 8.31. The van der Waals surface area contributed by atoms with Gasteiger partial charge >= 0.3 is 0 Å². The van der Waals surface area contributed by atoms with E-state index in [4.69, 9.17) is 9.47 Å². The second-order valence-electron chi connectivity index (χ2n) is 9.15. The molecule has 6 nitrogen and oxygen atoms in total. The van der Waals surface area contributed by atoms with Gasteiger partial charge in [-0.1, -0.05) is 31.2 Å². The largest absolute Gasteiger partial charge is 0.497 e. The fourth-order valence-electron chi connectivity index (χ4n) is 4.57. The second-order valence-corrected chi connectivity index (χ2v) is 10.2. The number of benzene rings is 2. The number of amides is 2. The van der Waals surface area contributed by atoms with Gasteiger partial charge in [0.1, 0.15) is 24.7 Å². The lowest BCUT2D eigenvalue weighted by Gasteiger charge is -2.38. The summed E-state index contributed by atoms with van der Waals surface area (Å²) in [5, 5.41) is 2.08. The third-order valence-electron chi connectivity index (χ3n) is 6.91. The van der Waals surface area contributed by atoms with E-state index in [9.17, 15) is 9.59 Å². The highest BCUT2D eigenvalue weighted by molar-refractivity contribution is 7.10. The minimum absolute atomic E-state index is 0.0192. The molecule has 7 heteroatoms. The number of carbonyl (C=O) groups excluding carboxylic acids is 2. The van der Waals surface area contributed by atoms with Crippen LogP contribution in [0.1, 0.15) is 52.7 Å². The van der Waals surface area contributed by atoms with Gasteiger partial charge in [-0.2, -0.15) is 0 Å². The van der Waals surface area contributed by atoms with Crippen molar-refractivity contribution in [3.05, 3.63) is 81.5 Å².